The lowest BCUT2D eigenvalue weighted by atomic mass is 10.1. The summed E-state index contributed by atoms with van der Waals surface area (Å²) in [6.45, 7) is 8.55. The molecule has 1 aromatic heterocycles. The Bertz CT molecular complexity index is 580. The number of nitrogens with one attached hydrogen (secondary N) is 1. The summed E-state index contributed by atoms with van der Waals surface area (Å²) < 4.78 is 0. The molecule has 4 nitrogen and oxygen atoms in total. The lowest BCUT2D eigenvalue weighted by Crippen LogP contribution is -2.22. The molecule has 2 aromatic rings. The first-order valence-corrected chi connectivity index (χ1v) is 7.83. The number of benzene rings is 1. The van der Waals surface area contributed by atoms with Crippen molar-refractivity contribution < 1.29 is 0 Å². The van der Waals surface area contributed by atoms with E-state index in [0.717, 1.165) is 48.6 Å². The zero-order valence-electron chi connectivity index (χ0n) is 13.6. The van der Waals surface area contributed by atoms with Gasteiger partial charge in [0, 0.05) is 25.5 Å². The maximum atomic E-state index is 4.72. The zero-order chi connectivity index (χ0) is 15.2. The van der Waals surface area contributed by atoms with E-state index < -0.39 is 0 Å². The highest BCUT2D eigenvalue weighted by Gasteiger charge is 2.11. The number of hydrogen-bond acceptors (Lipinski definition) is 4. The Hall–Kier alpha value is -1.84. The molecule has 0 bridgehead atoms. The van der Waals surface area contributed by atoms with E-state index in [-0.39, 0.29) is 0 Å². The summed E-state index contributed by atoms with van der Waals surface area (Å²) in [5.41, 5.74) is 0.998. The Morgan fingerprint density at radius 3 is 2.67 bits per heavy atom. The Morgan fingerprint density at radius 2 is 1.95 bits per heavy atom. The van der Waals surface area contributed by atoms with Gasteiger partial charge in [-0.15, -0.1) is 0 Å². The van der Waals surface area contributed by atoms with E-state index in [4.69, 9.17) is 4.98 Å². The third-order valence-corrected chi connectivity index (χ3v) is 3.52. The van der Waals surface area contributed by atoms with Crippen molar-refractivity contribution in [2.24, 2.45) is 5.92 Å². The van der Waals surface area contributed by atoms with Gasteiger partial charge in [-0.2, -0.15) is 4.98 Å². The molecule has 0 amide bonds. The van der Waals surface area contributed by atoms with Crippen LogP contribution in [-0.4, -0.2) is 30.1 Å². The van der Waals surface area contributed by atoms with Crippen LogP contribution in [0, 0.1) is 5.92 Å². The number of aromatic nitrogens is 2. The first-order valence-electron chi connectivity index (χ1n) is 7.83. The van der Waals surface area contributed by atoms with Crippen LogP contribution in [0.25, 0.3) is 10.9 Å². The molecule has 0 spiro atoms. The minimum Gasteiger partial charge on any atom is -0.359 e. The van der Waals surface area contributed by atoms with Crippen LogP contribution >= 0.6 is 0 Å². The van der Waals surface area contributed by atoms with Crippen LogP contribution < -0.4 is 10.2 Å². The third-order valence-electron chi connectivity index (χ3n) is 3.52. The molecule has 1 heterocycles. The second-order valence-corrected chi connectivity index (χ2v) is 5.92. The predicted octanol–water partition coefficient (Wildman–Crippen LogP) is 3.93. The summed E-state index contributed by atoms with van der Waals surface area (Å²) in [5, 5.41) is 4.41. The van der Waals surface area contributed by atoms with Gasteiger partial charge in [-0.3, -0.25) is 0 Å². The van der Waals surface area contributed by atoms with Crippen molar-refractivity contribution in [3.05, 3.63) is 24.3 Å². The third kappa shape index (κ3) is 4.06. The fourth-order valence-corrected chi connectivity index (χ4v) is 2.22. The second-order valence-electron chi connectivity index (χ2n) is 5.92. The number of rotatable bonds is 7. The Kier molecular flexibility index (Phi) is 5.37. The van der Waals surface area contributed by atoms with Gasteiger partial charge in [-0.25, -0.2) is 4.98 Å². The second kappa shape index (κ2) is 7.25. The van der Waals surface area contributed by atoms with E-state index in [2.05, 4.69) is 49.1 Å². The standard InChI is InChI=1S/C17H26N4/c1-5-11-18-17-19-15-9-7-6-8-14(15)16(20-17)21(4)12-10-13(2)3/h6-9,13H,5,10-12H2,1-4H3,(H,18,19,20). The van der Waals surface area contributed by atoms with Crippen LogP contribution in [0.1, 0.15) is 33.6 Å². The monoisotopic (exact) mass is 286 g/mol. The van der Waals surface area contributed by atoms with Gasteiger partial charge in [0.25, 0.3) is 0 Å². The number of nitrogens with zero attached hydrogens (tertiary/aromatic N) is 3. The molecule has 0 aliphatic heterocycles. The summed E-state index contributed by atoms with van der Waals surface area (Å²) in [7, 11) is 2.11. The molecule has 0 aliphatic rings. The fourth-order valence-electron chi connectivity index (χ4n) is 2.22. The van der Waals surface area contributed by atoms with Gasteiger partial charge < -0.3 is 10.2 Å². The number of para-hydroxylation sites is 1. The smallest absolute Gasteiger partial charge is 0.225 e. The molecule has 0 atom stereocenters. The summed E-state index contributed by atoms with van der Waals surface area (Å²) >= 11 is 0. The van der Waals surface area contributed by atoms with Gasteiger partial charge in [-0.05, 0) is 30.9 Å². The summed E-state index contributed by atoms with van der Waals surface area (Å²) in [6, 6.07) is 8.22. The van der Waals surface area contributed by atoms with E-state index in [9.17, 15) is 0 Å². The van der Waals surface area contributed by atoms with E-state index in [1.54, 1.807) is 0 Å². The highest BCUT2D eigenvalue weighted by molar-refractivity contribution is 5.90. The average Bonchev–Trinajstić information content (AvgIpc) is 2.49. The Labute approximate surface area is 127 Å². The van der Waals surface area contributed by atoms with E-state index >= 15 is 0 Å². The summed E-state index contributed by atoms with van der Waals surface area (Å²) in [5.74, 6) is 2.43. The van der Waals surface area contributed by atoms with Gasteiger partial charge in [0.1, 0.15) is 5.82 Å². The van der Waals surface area contributed by atoms with E-state index in [1.807, 2.05) is 18.2 Å². The van der Waals surface area contributed by atoms with Gasteiger partial charge in [-0.1, -0.05) is 32.9 Å². The van der Waals surface area contributed by atoms with Gasteiger partial charge in [0.15, 0.2) is 0 Å². The summed E-state index contributed by atoms with van der Waals surface area (Å²) in [6.07, 6.45) is 2.22. The van der Waals surface area contributed by atoms with Gasteiger partial charge >= 0.3 is 0 Å². The molecular weight excluding hydrogens is 260 g/mol. The molecule has 1 aromatic carbocycles. The zero-order valence-corrected chi connectivity index (χ0v) is 13.6. The molecular formula is C17H26N4. The summed E-state index contributed by atoms with van der Waals surface area (Å²) in [4.78, 5) is 11.6. The lowest BCUT2D eigenvalue weighted by molar-refractivity contribution is 0.584. The van der Waals surface area contributed by atoms with E-state index in [1.165, 1.54) is 0 Å². The minimum absolute atomic E-state index is 0.693. The molecule has 2 rings (SSSR count). The minimum atomic E-state index is 0.693. The number of hydrogen-bond donors (Lipinski definition) is 1. The van der Waals surface area contributed by atoms with Crippen molar-refractivity contribution in [3.63, 3.8) is 0 Å². The van der Waals surface area contributed by atoms with Crippen molar-refractivity contribution in [1.29, 1.82) is 0 Å². The number of fused-ring (bicyclic) bond motifs is 1. The molecule has 0 unspecified atom stereocenters. The first-order chi connectivity index (χ1) is 10.1. The van der Waals surface area contributed by atoms with Crippen LogP contribution in [0.15, 0.2) is 24.3 Å². The molecule has 0 saturated heterocycles. The highest BCUT2D eigenvalue weighted by Crippen LogP contribution is 2.25. The molecule has 0 radical (unpaired) electrons. The van der Waals surface area contributed by atoms with Crippen molar-refractivity contribution in [1.82, 2.24) is 9.97 Å². The number of anilines is 2. The van der Waals surface area contributed by atoms with Crippen molar-refractivity contribution in [2.45, 2.75) is 33.6 Å². The quantitative estimate of drug-likeness (QED) is 0.837. The fraction of sp³-hybridized carbons (Fsp3) is 0.529. The predicted molar refractivity (Wildman–Crippen MR) is 91.0 cm³/mol. The van der Waals surface area contributed by atoms with Crippen LogP contribution in [-0.2, 0) is 0 Å². The average molecular weight is 286 g/mol. The van der Waals surface area contributed by atoms with Crippen molar-refractivity contribution >= 4 is 22.7 Å². The molecule has 0 saturated carbocycles. The SMILES string of the molecule is CCCNc1nc(N(C)CCC(C)C)c2ccccc2n1. The molecule has 4 heteroatoms. The largest absolute Gasteiger partial charge is 0.359 e. The molecule has 1 N–H and O–H groups in total. The molecule has 0 fully saturated rings. The molecule has 21 heavy (non-hydrogen) atoms. The normalized spacial score (nSPS) is 11.1. The lowest BCUT2D eigenvalue weighted by Gasteiger charge is -2.21. The maximum absolute atomic E-state index is 4.72. The first kappa shape index (κ1) is 15.5. The van der Waals surface area contributed by atoms with Crippen LogP contribution in [0.4, 0.5) is 11.8 Å². The van der Waals surface area contributed by atoms with Gasteiger partial charge in [0.05, 0.1) is 5.52 Å². The maximum Gasteiger partial charge on any atom is 0.225 e. The molecule has 114 valence electrons. The van der Waals surface area contributed by atoms with Gasteiger partial charge in [0.2, 0.25) is 5.95 Å². The van der Waals surface area contributed by atoms with Crippen molar-refractivity contribution in [3.8, 4) is 0 Å². The Morgan fingerprint density at radius 1 is 1.19 bits per heavy atom. The van der Waals surface area contributed by atoms with Crippen LogP contribution in [0.5, 0.6) is 0 Å². The highest BCUT2D eigenvalue weighted by atomic mass is 15.2. The van der Waals surface area contributed by atoms with Crippen LogP contribution in [0.2, 0.25) is 0 Å². The molecule has 0 aliphatic carbocycles. The van der Waals surface area contributed by atoms with Crippen molar-refractivity contribution in [2.75, 3.05) is 30.4 Å². The van der Waals surface area contributed by atoms with Crippen LogP contribution in [0.3, 0.4) is 0 Å². The Balaban J connectivity index is 2.34. The topological polar surface area (TPSA) is 41.1 Å². The van der Waals surface area contributed by atoms with E-state index in [0.29, 0.717) is 5.92 Å².